The minimum absolute atomic E-state index is 0.0587. The SMILES string of the molecule is CC(C)(COc1cc([N+](=O)[O-])ccc1Br)CS(N)(=O)=O. The molecule has 1 rings (SSSR count). The minimum Gasteiger partial charge on any atom is -0.492 e. The van der Waals surface area contributed by atoms with E-state index in [-0.39, 0.29) is 23.8 Å². The number of hydrogen-bond acceptors (Lipinski definition) is 5. The Bertz CT molecular complexity index is 615. The number of nitrogens with two attached hydrogens (primary N) is 1. The lowest BCUT2D eigenvalue weighted by Gasteiger charge is -2.23. The van der Waals surface area contributed by atoms with Gasteiger partial charge in [-0.05, 0) is 22.0 Å². The van der Waals surface area contributed by atoms with Gasteiger partial charge in [0.1, 0.15) is 5.75 Å². The van der Waals surface area contributed by atoms with Gasteiger partial charge in [0.15, 0.2) is 0 Å². The second-order valence-corrected chi connectivity index (χ2v) is 7.60. The predicted molar refractivity (Wildman–Crippen MR) is 78.0 cm³/mol. The molecule has 20 heavy (non-hydrogen) atoms. The fourth-order valence-electron chi connectivity index (χ4n) is 1.58. The van der Waals surface area contributed by atoms with Crippen LogP contribution in [0.25, 0.3) is 0 Å². The summed E-state index contributed by atoms with van der Waals surface area (Å²) < 4.78 is 28.2. The van der Waals surface area contributed by atoms with Crippen molar-refractivity contribution in [2.75, 3.05) is 12.4 Å². The van der Waals surface area contributed by atoms with E-state index in [9.17, 15) is 18.5 Å². The molecule has 2 N–H and O–H groups in total. The van der Waals surface area contributed by atoms with Gasteiger partial charge in [0.25, 0.3) is 5.69 Å². The summed E-state index contributed by atoms with van der Waals surface area (Å²) in [5.74, 6) is 0.0358. The lowest BCUT2D eigenvalue weighted by atomic mass is 9.98. The molecule has 0 radical (unpaired) electrons. The van der Waals surface area contributed by atoms with Crippen molar-refractivity contribution in [3.63, 3.8) is 0 Å². The highest BCUT2D eigenvalue weighted by atomic mass is 79.9. The lowest BCUT2D eigenvalue weighted by Crippen LogP contribution is -2.33. The summed E-state index contributed by atoms with van der Waals surface area (Å²) in [6.07, 6.45) is 0. The molecule has 0 heterocycles. The normalized spacial score (nSPS) is 12.2. The number of halogens is 1. The maximum atomic E-state index is 11.1. The topological polar surface area (TPSA) is 113 Å². The summed E-state index contributed by atoms with van der Waals surface area (Å²) in [5.41, 5.74) is -0.815. The van der Waals surface area contributed by atoms with Crippen molar-refractivity contribution < 1.29 is 18.1 Å². The average Bonchev–Trinajstić information content (AvgIpc) is 2.24. The van der Waals surface area contributed by atoms with E-state index < -0.39 is 20.4 Å². The number of non-ortho nitro benzene ring substituents is 1. The minimum atomic E-state index is -3.62. The number of hydrogen-bond donors (Lipinski definition) is 1. The zero-order valence-corrected chi connectivity index (χ0v) is 13.4. The average molecular weight is 367 g/mol. The van der Waals surface area contributed by atoms with Gasteiger partial charge in [0.2, 0.25) is 10.0 Å². The molecule has 0 fully saturated rings. The number of benzene rings is 1. The van der Waals surface area contributed by atoms with Crippen LogP contribution in [0, 0.1) is 15.5 Å². The molecule has 7 nitrogen and oxygen atoms in total. The first-order chi connectivity index (χ1) is 9.00. The molecular weight excluding hydrogens is 352 g/mol. The van der Waals surface area contributed by atoms with Crippen LogP contribution >= 0.6 is 15.9 Å². The summed E-state index contributed by atoms with van der Waals surface area (Å²) in [7, 11) is -3.62. The van der Waals surface area contributed by atoms with E-state index in [4.69, 9.17) is 9.88 Å². The molecule has 9 heteroatoms. The smallest absolute Gasteiger partial charge is 0.273 e. The third kappa shape index (κ3) is 5.43. The fourth-order valence-corrected chi connectivity index (χ4v) is 3.11. The molecule has 0 saturated carbocycles. The summed E-state index contributed by atoms with van der Waals surface area (Å²) in [6.45, 7) is 3.43. The largest absolute Gasteiger partial charge is 0.492 e. The quantitative estimate of drug-likeness (QED) is 0.611. The molecule has 0 aliphatic carbocycles. The Morgan fingerprint density at radius 3 is 2.55 bits per heavy atom. The van der Waals surface area contributed by atoms with Crippen molar-refractivity contribution in [3.05, 3.63) is 32.8 Å². The van der Waals surface area contributed by atoms with Crippen LogP contribution in [0.15, 0.2) is 22.7 Å². The Kier molecular flexibility index (Phi) is 5.11. The molecule has 0 aromatic heterocycles. The van der Waals surface area contributed by atoms with Gasteiger partial charge in [0.05, 0.1) is 27.8 Å². The second-order valence-electron chi connectivity index (χ2n) is 5.13. The van der Waals surface area contributed by atoms with Crippen LogP contribution in [0.5, 0.6) is 5.75 Å². The zero-order chi connectivity index (χ0) is 15.6. The maximum absolute atomic E-state index is 11.1. The van der Waals surface area contributed by atoms with Crippen LogP contribution in [-0.4, -0.2) is 25.7 Å². The van der Waals surface area contributed by atoms with Crippen LogP contribution in [-0.2, 0) is 10.0 Å². The van der Waals surface area contributed by atoms with Gasteiger partial charge in [-0.25, -0.2) is 13.6 Å². The monoisotopic (exact) mass is 366 g/mol. The van der Waals surface area contributed by atoms with E-state index in [1.165, 1.54) is 18.2 Å². The van der Waals surface area contributed by atoms with Crippen molar-refractivity contribution >= 4 is 31.6 Å². The lowest BCUT2D eigenvalue weighted by molar-refractivity contribution is -0.385. The van der Waals surface area contributed by atoms with Crippen molar-refractivity contribution in [1.29, 1.82) is 0 Å². The summed E-state index contributed by atoms with van der Waals surface area (Å²) >= 11 is 3.22. The Morgan fingerprint density at radius 2 is 2.05 bits per heavy atom. The molecule has 0 amide bonds. The number of nitro groups is 1. The van der Waals surface area contributed by atoms with Gasteiger partial charge >= 0.3 is 0 Å². The van der Waals surface area contributed by atoms with Gasteiger partial charge in [0, 0.05) is 11.5 Å². The number of sulfonamides is 1. The van der Waals surface area contributed by atoms with E-state index in [1.54, 1.807) is 13.8 Å². The summed E-state index contributed by atoms with van der Waals surface area (Å²) in [5, 5.41) is 15.7. The highest BCUT2D eigenvalue weighted by Gasteiger charge is 2.25. The van der Waals surface area contributed by atoms with Crippen molar-refractivity contribution in [2.45, 2.75) is 13.8 Å². The molecule has 0 unspecified atom stereocenters. The number of nitro benzene ring substituents is 1. The summed E-state index contributed by atoms with van der Waals surface area (Å²) in [4.78, 5) is 10.2. The molecule has 0 saturated heterocycles. The van der Waals surface area contributed by atoms with Gasteiger partial charge < -0.3 is 4.74 Å². The Balaban J connectivity index is 2.84. The number of primary sulfonamides is 1. The van der Waals surface area contributed by atoms with Gasteiger partial charge in [-0.15, -0.1) is 0 Å². The van der Waals surface area contributed by atoms with Crippen LogP contribution in [0.3, 0.4) is 0 Å². The van der Waals surface area contributed by atoms with E-state index in [0.717, 1.165) is 0 Å². The first kappa shape index (κ1) is 16.9. The van der Waals surface area contributed by atoms with E-state index in [1.807, 2.05) is 0 Å². The molecule has 0 spiro atoms. The predicted octanol–water partition coefficient (Wildman–Crippen LogP) is 2.05. The molecule has 112 valence electrons. The fraction of sp³-hybridized carbons (Fsp3) is 0.455. The van der Waals surface area contributed by atoms with Crippen LogP contribution in [0.2, 0.25) is 0 Å². The maximum Gasteiger partial charge on any atom is 0.273 e. The second kappa shape index (κ2) is 6.06. The van der Waals surface area contributed by atoms with Gasteiger partial charge in [-0.2, -0.15) is 0 Å². The third-order valence-electron chi connectivity index (χ3n) is 2.34. The van der Waals surface area contributed by atoms with Gasteiger partial charge in [-0.1, -0.05) is 13.8 Å². The Hall–Kier alpha value is -1.19. The molecule has 0 aliphatic heterocycles. The summed E-state index contributed by atoms with van der Waals surface area (Å²) in [6, 6.07) is 4.11. The van der Waals surface area contributed by atoms with Gasteiger partial charge in [-0.3, -0.25) is 10.1 Å². The van der Waals surface area contributed by atoms with Crippen LogP contribution in [0.4, 0.5) is 5.69 Å². The van der Waals surface area contributed by atoms with E-state index in [0.29, 0.717) is 4.47 Å². The molecule has 0 atom stereocenters. The van der Waals surface area contributed by atoms with Crippen molar-refractivity contribution in [3.8, 4) is 5.75 Å². The van der Waals surface area contributed by atoms with Crippen LogP contribution in [0.1, 0.15) is 13.8 Å². The molecular formula is C11H15BrN2O5S. The first-order valence-electron chi connectivity index (χ1n) is 5.57. The number of nitrogens with zero attached hydrogens (tertiary/aromatic N) is 1. The molecule has 0 bridgehead atoms. The highest BCUT2D eigenvalue weighted by Crippen LogP contribution is 2.30. The Labute approximate surface area is 125 Å². The van der Waals surface area contributed by atoms with E-state index >= 15 is 0 Å². The molecule has 1 aromatic rings. The highest BCUT2D eigenvalue weighted by molar-refractivity contribution is 9.10. The van der Waals surface area contributed by atoms with Crippen molar-refractivity contribution in [1.82, 2.24) is 0 Å². The van der Waals surface area contributed by atoms with E-state index in [2.05, 4.69) is 15.9 Å². The number of ether oxygens (including phenoxy) is 1. The van der Waals surface area contributed by atoms with Crippen LogP contribution < -0.4 is 9.88 Å². The zero-order valence-electron chi connectivity index (χ0n) is 11.0. The molecule has 0 aliphatic rings. The standard InChI is InChI=1S/C11H15BrN2O5S/c1-11(2,7-20(13,17)18)6-19-10-5-8(14(15)16)3-4-9(10)12/h3-5H,6-7H2,1-2H3,(H2,13,17,18). The van der Waals surface area contributed by atoms with Crippen molar-refractivity contribution in [2.24, 2.45) is 10.6 Å². The number of rotatable bonds is 6. The third-order valence-corrected chi connectivity index (χ3v) is 4.17. The Morgan fingerprint density at radius 1 is 1.45 bits per heavy atom. The first-order valence-corrected chi connectivity index (χ1v) is 8.08. The molecule has 1 aromatic carbocycles.